The molecular formula is C15H19NO3S2. The first-order valence-electron chi connectivity index (χ1n) is 6.66. The highest BCUT2D eigenvalue weighted by atomic mass is 32.2. The van der Waals surface area contributed by atoms with E-state index in [1.807, 2.05) is 23.8 Å². The predicted octanol–water partition coefficient (Wildman–Crippen LogP) is 2.38. The second kappa shape index (κ2) is 6.70. The van der Waals surface area contributed by atoms with Crippen LogP contribution in [0.25, 0.3) is 0 Å². The maximum atomic E-state index is 12.4. The summed E-state index contributed by atoms with van der Waals surface area (Å²) in [6, 6.07) is 5.33. The van der Waals surface area contributed by atoms with Crippen LogP contribution in [0.3, 0.4) is 0 Å². The standard InChI is InChI=1S/C15H19NO3S2/c1-11-7-14(9-17)8-15(12(11)2)21(18,19)16-5-3-13-4-6-20-10-13/h4,6-8,10,16-17H,3,5,9H2,1-2H3. The molecule has 0 aliphatic heterocycles. The van der Waals surface area contributed by atoms with Crippen molar-refractivity contribution in [1.82, 2.24) is 4.72 Å². The van der Waals surface area contributed by atoms with Crippen molar-refractivity contribution in [2.75, 3.05) is 6.54 Å². The molecule has 2 rings (SSSR count). The molecule has 4 nitrogen and oxygen atoms in total. The van der Waals surface area contributed by atoms with E-state index in [0.717, 1.165) is 16.7 Å². The van der Waals surface area contributed by atoms with Crippen molar-refractivity contribution in [3.63, 3.8) is 0 Å². The summed E-state index contributed by atoms with van der Waals surface area (Å²) in [5.74, 6) is 0. The van der Waals surface area contributed by atoms with Gasteiger partial charge >= 0.3 is 0 Å². The number of hydrogen-bond acceptors (Lipinski definition) is 4. The van der Waals surface area contributed by atoms with Gasteiger partial charge in [-0.1, -0.05) is 6.07 Å². The summed E-state index contributed by atoms with van der Waals surface area (Å²) in [4.78, 5) is 0.247. The number of rotatable bonds is 6. The van der Waals surface area contributed by atoms with E-state index < -0.39 is 10.0 Å². The highest BCUT2D eigenvalue weighted by Gasteiger charge is 2.18. The van der Waals surface area contributed by atoms with Crippen molar-refractivity contribution >= 4 is 21.4 Å². The van der Waals surface area contributed by atoms with Crippen LogP contribution in [-0.2, 0) is 23.1 Å². The van der Waals surface area contributed by atoms with Gasteiger partial charge in [-0.15, -0.1) is 0 Å². The molecule has 0 saturated carbocycles. The summed E-state index contributed by atoms with van der Waals surface area (Å²) in [7, 11) is -3.56. The fourth-order valence-electron chi connectivity index (χ4n) is 2.11. The molecule has 21 heavy (non-hydrogen) atoms. The minimum absolute atomic E-state index is 0.168. The first kappa shape index (κ1) is 16.2. The minimum atomic E-state index is -3.56. The van der Waals surface area contributed by atoms with Crippen molar-refractivity contribution in [3.8, 4) is 0 Å². The van der Waals surface area contributed by atoms with E-state index in [-0.39, 0.29) is 11.5 Å². The summed E-state index contributed by atoms with van der Waals surface area (Å²) < 4.78 is 27.5. The Morgan fingerprint density at radius 2 is 2.00 bits per heavy atom. The van der Waals surface area contributed by atoms with E-state index in [0.29, 0.717) is 18.5 Å². The number of benzene rings is 1. The van der Waals surface area contributed by atoms with E-state index in [1.165, 1.54) is 6.07 Å². The smallest absolute Gasteiger partial charge is 0.240 e. The molecular weight excluding hydrogens is 306 g/mol. The molecule has 1 heterocycles. The molecule has 1 aromatic heterocycles. The van der Waals surface area contributed by atoms with Gasteiger partial charge in [0.2, 0.25) is 10.0 Å². The second-order valence-electron chi connectivity index (χ2n) is 4.97. The lowest BCUT2D eigenvalue weighted by molar-refractivity contribution is 0.281. The van der Waals surface area contributed by atoms with Crippen LogP contribution in [-0.4, -0.2) is 20.1 Å². The second-order valence-corrected chi connectivity index (χ2v) is 7.49. The van der Waals surface area contributed by atoms with Gasteiger partial charge in [0.05, 0.1) is 11.5 Å². The maximum absolute atomic E-state index is 12.4. The Balaban J connectivity index is 2.17. The lowest BCUT2D eigenvalue weighted by Crippen LogP contribution is -2.27. The Labute approximate surface area is 129 Å². The van der Waals surface area contributed by atoms with Gasteiger partial charge in [0, 0.05) is 6.54 Å². The number of aliphatic hydroxyl groups is 1. The molecule has 2 N–H and O–H groups in total. The van der Waals surface area contributed by atoms with Gasteiger partial charge in [-0.3, -0.25) is 0 Å². The molecule has 2 aromatic rings. The fraction of sp³-hybridized carbons (Fsp3) is 0.333. The summed E-state index contributed by atoms with van der Waals surface area (Å²) in [5, 5.41) is 13.2. The van der Waals surface area contributed by atoms with Gasteiger partial charge in [0.25, 0.3) is 0 Å². The number of hydrogen-bond donors (Lipinski definition) is 2. The summed E-state index contributed by atoms with van der Waals surface area (Å²) in [6.07, 6.45) is 0.667. The number of aliphatic hydroxyl groups excluding tert-OH is 1. The molecule has 0 bridgehead atoms. The molecule has 0 spiro atoms. The molecule has 0 saturated heterocycles. The van der Waals surface area contributed by atoms with Gasteiger partial charge in [0.15, 0.2) is 0 Å². The largest absolute Gasteiger partial charge is 0.392 e. The SMILES string of the molecule is Cc1cc(CO)cc(S(=O)(=O)NCCc2ccsc2)c1C. The van der Waals surface area contributed by atoms with E-state index >= 15 is 0 Å². The quantitative estimate of drug-likeness (QED) is 0.857. The van der Waals surface area contributed by atoms with Crippen LogP contribution in [0.1, 0.15) is 22.3 Å². The lowest BCUT2D eigenvalue weighted by Gasteiger charge is -2.12. The Morgan fingerprint density at radius 3 is 2.62 bits per heavy atom. The van der Waals surface area contributed by atoms with Crippen molar-refractivity contribution < 1.29 is 13.5 Å². The first-order chi connectivity index (χ1) is 9.94. The highest BCUT2D eigenvalue weighted by Crippen LogP contribution is 2.21. The zero-order chi connectivity index (χ0) is 15.5. The van der Waals surface area contributed by atoms with Gasteiger partial charge < -0.3 is 5.11 Å². The Morgan fingerprint density at radius 1 is 1.24 bits per heavy atom. The normalized spacial score (nSPS) is 11.8. The molecule has 0 atom stereocenters. The van der Waals surface area contributed by atoms with E-state index in [1.54, 1.807) is 24.3 Å². The van der Waals surface area contributed by atoms with Crippen molar-refractivity contribution in [2.24, 2.45) is 0 Å². The van der Waals surface area contributed by atoms with Crippen molar-refractivity contribution in [2.45, 2.75) is 31.8 Å². The molecule has 6 heteroatoms. The molecule has 114 valence electrons. The van der Waals surface area contributed by atoms with Crippen molar-refractivity contribution in [3.05, 3.63) is 51.2 Å². The molecule has 1 aromatic carbocycles. The average molecular weight is 325 g/mol. The molecule has 0 unspecified atom stereocenters. The topological polar surface area (TPSA) is 66.4 Å². The summed E-state index contributed by atoms with van der Waals surface area (Å²) in [6.45, 7) is 3.82. The van der Waals surface area contributed by atoms with Gasteiger partial charge in [-0.05, 0) is 65.4 Å². The van der Waals surface area contributed by atoms with E-state index in [4.69, 9.17) is 0 Å². The fourth-order valence-corrected chi connectivity index (χ4v) is 4.21. The zero-order valence-electron chi connectivity index (χ0n) is 12.1. The highest BCUT2D eigenvalue weighted by molar-refractivity contribution is 7.89. The third-order valence-corrected chi connectivity index (χ3v) is 5.76. The van der Waals surface area contributed by atoms with Gasteiger partial charge in [-0.2, -0.15) is 11.3 Å². The van der Waals surface area contributed by atoms with Gasteiger partial charge in [0.1, 0.15) is 0 Å². The van der Waals surface area contributed by atoms with Crippen molar-refractivity contribution in [1.29, 1.82) is 0 Å². The minimum Gasteiger partial charge on any atom is -0.392 e. The van der Waals surface area contributed by atoms with E-state index in [2.05, 4.69) is 4.72 Å². The summed E-state index contributed by atoms with van der Waals surface area (Å²) >= 11 is 1.60. The van der Waals surface area contributed by atoms with Gasteiger partial charge in [-0.25, -0.2) is 13.1 Å². The maximum Gasteiger partial charge on any atom is 0.240 e. The third kappa shape index (κ3) is 3.91. The molecule has 0 aliphatic carbocycles. The van der Waals surface area contributed by atoms with Crippen LogP contribution in [0, 0.1) is 13.8 Å². The monoisotopic (exact) mass is 325 g/mol. The molecule has 0 amide bonds. The number of sulfonamides is 1. The Bertz CT molecular complexity index is 707. The Kier molecular flexibility index (Phi) is 5.16. The first-order valence-corrected chi connectivity index (χ1v) is 9.08. The average Bonchev–Trinajstić information content (AvgIpc) is 2.94. The number of aryl methyl sites for hydroxylation is 1. The van der Waals surface area contributed by atoms with Crippen LogP contribution in [0.5, 0.6) is 0 Å². The van der Waals surface area contributed by atoms with Crippen LogP contribution in [0.2, 0.25) is 0 Å². The molecule has 0 radical (unpaired) electrons. The third-order valence-electron chi connectivity index (χ3n) is 3.44. The number of nitrogens with one attached hydrogen (secondary N) is 1. The Hall–Kier alpha value is -1.21. The van der Waals surface area contributed by atoms with Crippen LogP contribution < -0.4 is 4.72 Å². The summed E-state index contributed by atoms with van der Waals surface area (Å²) in [5.41, 5.74) is 3.31. The lowest BCUT2D eigenvalue weighted by atomic mass is 10.1. The van der Waals surface area contributed by atoms with Crippen LogP contribution >= 0.6 is 11.3 Å². The zero-order valence-corrected chi connectivity index (χ0v) is 13.7. The molecule has 0 aliphatic rings. The molecule has 0 fully saturated rings. The van der Waals surface area contributed by atoms with E-state index in [9.17, 15) is 13.5 Å². The number of thiophene rings is 1. The van der Waals surface area contributed by atoms with Crippen LogP contribution in [0.15, 0.2) is 33.9 Å². The van der Waals surface area contributed by atoms with Crippen LogP contribution in [0.4, 0.5) is 0 Å². The predicted molar refractivity (Wildman–Crippen MR) is 85.1 cm³/mol.